The van der Waals surface area contributed by atoms with Crippen molar-refractivity contribution in [3.63, 3.8) is 0 Å². The van der Waals surface area contributed by atoms with Gasteiger partial charge in [-0.15, -0.1) is 0 Å². The van der Waals surface area contributed by atoms with E-state index in [4.69, 9.17) is 4.74 Å². The van der Waals surface area contributed by atoms with Gasteiger partial charge in [-0.1, -0.05) is 36.4 Å². The van der Waals surface area contributed by atoms with Crippen molar-refractivity contribution in [3.8, 4) is 0 Å². The largest absolute Gasteiger partial charge is 0.468 e. The zero-order valence-corrected chi connectivity index (χ0v) is 19.1. The Hall–Kier alpha value is -2.84. The van der Waals surface area contributed by atoms with E-state index < -0.39 is 17.2 Å². The number of aliphatic hydroxyl groups is 1. The molecule has 0 saturated carbocycles. The van der Waals surface area contributed by atoms with Crippen LogP contribution in [0.4, 0.5) is 13.2 Å². The number of piperidine rings is 1. The number of nitrogens with zero attached hydrogens (tertiary/aromatic N) is 2. The maximum Gasteiger partial charge on any atom is 0.416 e. The fourth-order valence-corrected chi connectivity index (χ4v) is 4.89. The van der Waals surface area contributed by atoms with Crippen molar-refractivity contribution in [1.82, 2.24) is 9.47 Å². The van der Waals surface area contributed by atoms with Gasteiger partial charge >= 0.3 is 12.1 Å². The minimum Gasteiger partial charge on any atom is -0.468 e. The first-order valence-electron chi connectivity index (χ1n) is 11.4. The minimum atomic E-state index is -4.38. The fourth-order valence-electron chi connectivity index (χ4n) is 4.89. The Kier molecular flexibility index (Phi) is 7.00. The summed E-state index contributed by atoms with van der Waals surface area (Å²) in [5.41, 5.74) is 1.59. The summed E-state index contributed by atoms with van der Waals surface area (Å²) < 4.78 is 46.0. The Labute approximate surface area is 196 Å². The third-order valence-corrected chi connectivity index (χ3v) is 6.88. The molecule has 182 valence electrons. The third-order valence-electron chi connectivity index (χ3n) is 6.88. The molecule has 8 heteroatoms. The van der Waals surface area contributed by atoms with Crippen LogP contribution in [-0.4, -0.2) is 47.3 Å². The Morgan fingerprint density at radius 1 is 1.12 bits per heavy atom. The maximum absolute atomic E-state index is 13.1. The summed E-state index contributed by atoms with van der Waals surface area (Å²) in [7, 11) is 1.37. The number of likely N-dealkylation sites (tertiary alicyclic amines) is 1. The summed E-state index contributed by atoms with van der Waals surface area (Å²) in [5, 5.41) is 11.3. The van der Waals surface area contributed by atoms with Gasteiger partial charge in [-0.25, -0.2) is 0 Å². The van der Waals surface area contributed by atoms with Gasteiger partial charge in [-0.2, -0.15) is 13.2 Å². The first-order chi connectivity index (χ1) is 16.2. The van der Waals surface area contributed by atoms with Gasteiger partial charge in [-0.05, 0) is 61.0 Å². The third kappa shape index (κ3) is 5.28. The van der Waals surface area contributed by atoms with E-state index in [2.05, 4.69) is 4.90 Å². The Bertz CT molecular complexity index is 1150. The molecule has 0 unspecified atom stereocenters. The van der Waals surface area contributed by atoms with Gasteiger partial charge in [-0.3, -0.25) is 9.69 Å². The normalized spacial score (nSPS) is 16.6. The second kappa shape index (κ2) is 9.80. The number of halogens is 3. The number of benzene rings is 2. The standard InChI is InChI=1S/C26H29F3N2O3/c1-34-24(33)17-31-16-20(22-7-2-3-8-23(22)31)15-30-11-9-25(18-32,10-12-30)14-19-5-4-6-21(13-19)26(27,28)29/h2-8,13,16,32H,9-12,14-15,17-18H2,1H3. The van der Waals surface area contributed by atoms with Crippen molar-refractivity contribution in [2.75, 3.05) is 26.8 Å². The SMILES string of the molecule is COC(=O)Cn1cc(CN2CCC(CO)(Cc3cccc(C(F)(F)F)c3)CC2)c2ccccc21. The van der Waals surface area contributed by atoms with Crippen LogP contribution in [0.1, 0.15) is 29.5 Å². The number of aromatic nitrogens is 1. The number of para-hydroxylation sites is 1. The van der Waals surface area contributed by atoms with Gasteiger partial charge in [0, 0.05) is 30.3 Å². The molecule has 0 bridgehead atoms. The van der Waals surface area contributed by atoms with Gasteiger partial charge in [0.15, 0.2) is 0 Å². The number of aliphatic hydroxyl groups excluding tert-OH is 1. The molecule has 1 aliphatic heterocycles. The molecule has 1 aliphatic rings. The number of hydrogen-bond donors (Lipinski definition) is 1. The van der Waals surface area contributed by atoms with Crippen LogP contribution in [0.2, 0.25) is 0 Å². The second-order valence-electron chi connectivity index (χ2n) is 9.18. The van der Waals surface area contributed by atoms with Crippen LogP contribution in [-0.2, 0) is 35.2 Å². The van der Waals surface area contributed by atoms with Crippen LogP contribution in [0.3, 0.4) is 0 Å². The molecule has 1 fully saturated rings. The average Bonchev–Trinajstić information content (AvgIpc) is 3.17. The van der Waals surface area contributed by atoms with Crippen molar-refractivity contribution in [2.24, 2.45) is 5.41 Å². The average molecular weight is 475 g/mol. The van der Waals surface area contributed by atoms with Crippen molar-refractivity contribution >= 4 is 16.9 Å². The van der Waals surface area contributed by atoms with Crippen molar-refractivity contribution in [3.05, 3.63) is 71.4 Å². The minimum absolute atomic E-state index is 0.0600. The van der Waals surface area contributed by atoms with E-state index in [1.165, 1.54) is 19.2 Å². The molecule has 0 atom stereocenters. The van der Waals surface area contributed by atoms with E-state index >= 15 is 0 Å². The molecular formula is C26H29F3N2O3. The van der Waals surface area contributed by atoms with Gasteiger partial charge in [0.2, 0.25) is 0 Å². The lowest BCUT2D eigenvalue weighted by molar-refractivity contribution is -0.141. The number of ether oxygens (including phenoxy) is 1. The highest BCUT2D eigenvalue weighted by Crippen LogP contribution is 2.37. The number of carbonyl (C=O) groups excluding carboxylic acids is 1. The molecule has 3 aromatic rings. The van der Waals surface area contributed by atoms with Crippen LogP contribution in [0.15, 0.2) is 54.7 Å². The van der Waals surface area contributed by atoms with E-state index in [0.29, 0.717) is 31.4 Å². The first kappa shape index (κ1) is 24.3. The monoisotopic (exact) mass is 474 g/mol. The van der Waals surface area contributed by atoms with Gasteiger partial charge < -0.3 is 14.4 Å². The van der Waals surface area contributed by atoms with Gasteiger partial charge in [0.1, 0.15) is 6.54 Å². The zero-order valence-electron chi connectivity index (χ0n) is 19.1. The van der Waals surface area contributed by atoms with Gasteiger partial charge in [0.25, 0.3) is 0 Å². The van der Waals surface area contributed by atoms with E-state index in [-0.39, 0.29) is 19.1 Å². The lowest BCUT2D eigenvalue weighted by Crippen LogP contribution is -2.42. The topological polar surface area (TPSA) is 54.7 Å². The van der Waals surface area contributed by atoms with Gasteiger partial charge in [0.05, 0.1) is 12.7 Å². The van der Waals surface area contributed by atoms with Crippen LogP contribution >= 0.6 is 0 Å². The Balaban J connectivity index is 1.45. The highest BCUT2D eigenvalue weighted by molar-refractivity contribution is 5.85. The summed E-state index contributed by atoms with van der Waals surface area (Å²) in [6.45, 7) is 2.24. The molecule has 0 aliphatic carbocycles. The number of rotatable bonds is 7. The predicted molar refractivity (Wildman–Crippen MR) is 123 cm³/mol. The number of hydrogen-bond acceptors (Lipinski definition) is 4. The first-order valence-corrected chi connectivity index (χ1v) is 11.4. The molecular weight excluding hydrogens is 445 g/mol. The van der Waals surface area contributed by atoms with Crippen LogP contribution in [0, 0.1) is 5.41 Å². The van der Waals surface area contributed by atoms with Crippen LogP contribution in [0.5, 0.6) is 0 Å². The highest BCUT2D eigenvalue weighted by Gasteiger charge is 2.36. The molecule has 4 rings (SSSR count). The van der Waals surface area contributed by atoms with E-state index in [0.717, 1.165) is 35.6 Å². The quantitative estimate of drug-likeness (QED) is 0.507. The smallest absolute Gasteiger partial charge is 0.416 e. The summed E-state index contributed by atoms with van der Waals surface area (Å²) in [5.74, 6) is -0.312. The fraction of sp³-hybridized carbons (Fsp3) is 0.423. The summed E-state index contributed by atoms with van der Waals surface area (Å²) in [4.78, 5) is 14.1. The maximum atomic E-state index is 13.1. The van der Waals surface area contributed by atoms with Crippen LogP contribution < -0.4 is 0 Å². The van der Waals surface area contributed by atoms with E-state index in [1.807, 2.05) is 35.0 Å². The molecule has 2 heterocycles. The molecule has 34 heavy (non-hydrogen) atoms. The number of carbonyl (C=O) groups is 1. The Morgan fingerprint density at radius 3 is 2.53 bits per heavy atom. The predicted octanol–water partition coefficient (Wildman–Crippen LogP) is 4.65. The second-order valence-corrected chi connectivity index (χ2v) is 9.18. The number of methoxy groups -OCH3 is 1. The molecule has 1 N–H and O–H groups in total. The summed E-state index contributed by atoms with van der Waals surface area (Å²) >= 11 is 0. The molecule has 1 saturated heterocycles. The van der Waals surface area contributed by atoms with Crippen molar-refractivity contribution < 1.29 is 27.8 Å². The van der Waals surface area contributed by atoms with Crippen LogP contribution in [0.25, 0.3) is 10.9 Å². The Morgan fingerprint density at radius 2 is 1.85 bits per heavy atom. The zero-order chi connectivity index (χ0) is 24.3. The lowest BCUT2D eigenvalue weighted by atomic mass is 9.74. The molecule has 2 aromatic carbocycles. The van der Waals surface area contributed by atoms with Crippen molar-refractivity contribution in [1.29, 1.82) is 0 Å². The molecule has 0 spiro atoms. The van der Waals surface area contributed by atoms with Crippen molar-refractivity contribution in [2.45, 2.75) is 38.5 Å². The van der Waals surface area contributed by atoms with E-state index in [9.17, 15) is 23.1 Å². The number of fused-ring (bicyclic) bond motifs is 1. The molecule has 0 radical (unpaired) electrons. The molecule has 0 amide bonds. The number of alkyl halides is 3. The number of esters is 1. The van der Waals surface area contributed by atoms with E-state index in [1.54, 1.807) is 6.07 Å². The molecule has 5 nitrogen and oxygen atoms in total. The summed E-state index contributed by atoms with van der Waals surface area (Å²) in [6.07, 6.45) is -0.586. The summed E-state index contributed by atoms with van der Waals surface area (Å²) in [6, 6.07) is 13.3. The molecule has 1 aromatic heterocycles. The highest BCUT2D eigenvalue weighted by atomic mass is 19.4. The lowest BCUT2D eigenvalue weighted by Gasteiger charge is -2.41.